The van der Waals surface area contributed by atoms with Crippen molar-refractivity contribution in [2.75, 3.05) is 5.32 Å². The number of nitrogens with zero attached hydrogens (tertiary/aromatic N) is 2. The van der Waals surface area contributed by atoms with E-state index in [2.05, 4.69) is 15.4 Å². The number of nitrogens with one attached hydrogen (secondary N) is 2. The van der Waals surface area contributed by atoms with Crippen LogP contribution in [-0.2, 0) is 0 Å². The summed E-state index contributed by atoms with van der Waals surface area (Å²) in [6, 6.07) is 1.04. The highest BCUT2D eigenvalue weighted by atomic mass is 19.2. The van der Waals surface area contributed by atoms with E-state index in [1.807, 2.05) is 5.32 Å². The second-order valence-corrected chi connectivity index (χ2v) is 3.06. The number of aromatic amines is 1. The second-order valence-electron chi connectivity index (χ2n) is 3.06. The van der Waals surface area contributed by atoms with Crippen molar-refractivity contribution in [2.45, 2.75) is 0 Å². The molecule has 2 N–H and O–H groups in total. The van der Waals surface area contributed by atoms with Crippen LogP contribution in [0.2, 0.25) is 0 Å². The molecule has 8 heteroatoms. The Morgan fingerprint density at radius 2 is 2.06 bits per heavy atom. The summed E-state index contributed by atoms with van der Waals surface area (Å²) < 4.78 is 38.8. The number of carbonyl (C=O) groups is 1. The molecular formula is C9H5F3N4O. The predicted molar refractivity (Wildman–Crippen MR) is 50.7 cm³/mol. The Morgan fingerprint density at radius 3 is 2.71 bits per heavy atom. The Labute approximate surface area is 92.6 Å². The summed E-state index contributed by atoms with van der Waals surface area (Å²) in [5, 5.41) is 10.9. The fraction of sp³-hybridized carbons (Fsp3) is 0. The fourth-order valence-corrected chi connectivity index (χ4v) is 1.14. The van der Waals surface area contributed by atoms with E-state index in [-0.39, 0.29) is 5.69 Å². The number of hydrogen-bond acceptors (Lipinski definition) is 3. The summed E-state index contributed by atoms with van der Waals surface area (Å²) in [5.41, 5.74) is -0.732. The van der Waals surface area contributed by atoms with E-state index in [1.54, 1.807) is 0 Å². The average Bonchev–Trinajstić information content (AvgIpc) is 2.78. The van der Waals surface area contributed by atoms with E-state index in [0.717, 1.165) is 6.20 Å². The van der Waals surface area contributed by atoms with Crippen LogP contribution < -0.4 is 5.32 Å². The first-order valence-electron chi connectivity index (χ1n) is 4.39. The molecule has 0 atom stereocenters. The molecule has 5 nitrogen and oxygen atoms in total. The molecule has 1 amide bonds. The van der Waals surface area contributed by atoms with Crippen molar-refractivity contribution in [3.63, 3.8) is 0 Å². The lowest BCUT2D eigenvalue weighted by Gasteiger charge is -2.05. The summed E-state index contributed by atoms with van der Waals surface area (Å²) in [7, 11) is 0. The molecule has 0 saturated heterocycles. The molecule has 2 rings (SSSR count). The van der Waals surface area contributed by atoms with Gasteiger partial charge in [0.25, 0.3) is 5.91 Å². The van der Waals surface area contributed by atoms with E-state index in [0.29, 0.717) is 12.1 Å². The summed E-state index contributed by atoms with van der Waals surface area (Å²) in [4.78, 5) is 11.4. The van der Waals surface area contributed by atoms with Crippen LogP contribution in [0.15, 0.2) is 18.3 Å². The minimum absolute atomic E-state index is 0.130. The zero-order valence-electron chi connectivity index (χ0n) is 8.17. The van der Waals surface area contributed by atoms with Crippen LogP contribution in [0.4, 0.5) is 18.9 Å². The second kappa shape index (κ2) is 4.24. The Kier molecular flexibility index (Phi) is 2.77. The van der Waals surface area contributed by atoms with E-state index in [4.69, 9.17) is 0 Å². The number of amides is 1. The Bertz CT molecular complexity index is 556. The topological polar surface area (TPSA) is 70.7 Å². The number of carbonyl (C=O) groups excluding carboxylic acids is 1. The molecule has 0 saturated carbocycles. The highest BCUT2D eigenvalue weighted by Gasteiger charge is 2.15. The number of aromatic nitrogens is 3. The maximum Gasteiger partial charge on any atom is 0.277 e. The third kappa shape index (κ3) is 2.25. The number of H-pyrrole nitrogens is 1. The molecular weight excluding hydrogens is 237 g/mol. The molecule has 0 unspecified atom stereocenters. The molecule has 0 radical (unpaired) electrons. The van der Waals surface area contributed by atoms with E-state index >= 15 is 0 Å². The Morgan fingerprint density at radius 1 is 1.29 bits per heavy atom. The highest BCUT2D eigenvalue weighted by Crippen LogP contribution is 2.19. The van der Waals surface area contributed by atoms with Crippen LogP contribution in [0, 0.1) is 17.5 Å². The maximum absolute atomic E-state index is 13.2. The van der Waals surface area contributed by atoms with Gasteiger partial charge in [0, 0.05) is 12.1 Å². The van der Waals surface area contributed by atoms with Crippen LogP contribution in [0.1, 0.15) is 10.5 Å². The molecule has 0 bridgehead atoms. The zero-order chi connectivity index (χ0) is 12.4. The number of benzene rings is 1. The minimum Gasteiger partial charge on any atom is -0.318 e. The lowest BCUT2D eigenvalue weighted by atomic mass is 10.2. The van der Waals surface area contributed by atoms with Gasteiger partial charge in [0.15, 0.2) is 17.3 Å². The van der Waals surface area contributed by atoms with Gasteiger partial charge in [-0.2, -0.15) is 15.4 Å². The standard InChI is InChI=1S/C9H5F3N4O/c10-4-1-5(11)8(12)6(2-4)14-9(17)7-3-13-16-15-7/h1-3H,(H,14,17)(H,13,15,16). The van der Waals surface area contributed by atoms with Crippen LogP contribution in [0.5, 0.6) is 0 Å². The molecule has 0 aliphatic heterocycles. The lowest BCUT2D eigenvalue weighted by molar-refractivity contribution is 0.102. The summed E-state index contributed by atoms with van der Waals surface area (Å²) >= 11 is 0. The highest BCUT2D eigenvalue weighted by molar-refractivity contribution is 6.02. The van der Waals surface area contributed by atoms with Crippen molar-refractivity contribution >= 4 is 11.6 Å². The van der Waals surface area contributed by atoms with Gasteiger partial charge in [-0.15, -0.1) is 0 Å². The molecule has 1 aromatic heterocycles. The first-order chi connectivity index (χ1) is 8.08. The quantitative estimate of drug-likeness (QED) is 0.783. The van der Waals surface area contributed by atoms with Crippen LogP contribution in [0.3, 0.4) is 0 Å². The van der Waals surface area contributed by atoms with E-state index < -0.39 is 29.0 Å². The summed E-state index contributed by atoms with van der Waals surface area (Å²) in [5.74, 6) is -4.56. The monoisotopic (exact) mass is 242 g/mol. The predicted octanol–water partition coefficient (Wildman–Crippen LogP) is 1.47. The third-order valence-electron chi connectivity index (χ3n) is 1.89. The molecule has 0 aliphatic carbocycles. The number of hydrogen-bond donors (Lipinski definition) is 2. The van der Waals surface area contributed by atoms with Crippen molar-refractivity contribution in [3.05, 3.63) is 41.5 Å². The minimum atomic E-state index is -1.39. The first kappa shape index (κ1) is 11.1. The molecule has 0 aliphatic rings. The smallest absolute Gasteiger partial charge is 0.277 e. The van der Waals surface area contributed by atoms with Gasteiger partial charge in [-0.3, -0.25) is 4.79 Å². The largest absolute Gasteiger partial charge is 0.318 e. The molecule has 1 heterocycles. The van der Waals surface area contributed by atoms with Crippen molar-refractivity contribution in [2.24, 2.45) is 0 Å². The van der Waals surface area contributed by atoms with Crippen LogP contribution in [-0.4, -0.2) is 21.3 Å². The van der Waals surface area contributed by atoms with Crippen molar-refractivity contribution in [3.8, 4) is 0 Å². The number of halogens is 3. The van der Waals surface area contributed by atoms with Crippen molar-refractivity contribution in [1.82, 2.24) is 15.4 Å². The van der Waals surface area contributed by atoms with Gasteiger partial charge < -0.3 is 5.32 Å². The molecule has 88 valence electrons. The molecule has 1 aromatic carbocycles. The van der Waals surface area contributed by atoms with Gasteiger partial charge >= 0.3 is 0 Å². The number of anilines is 1. The lowest BCUT2D eigenvalue weighted by Crippen LogP contribution is -2.14. The molecule has 2 aromatic rings. The Hall–Kier alpha value is -2.38. The van der Waals surface area contributed by atoms with E-state index in [9.17, 15) is 18.0 Å². The van der Waals surface area contributed by atoms with Gasteiger partial charge in [-0.05, 0) is 0 Å². The van der Waals surface area contributed by atoms with Crippen LogP contribution in [0.25, 0.3) is 0 Å². The normalized spacial score (nSPS) is 10.3. The van der Waals surface area contributed by atoms with Gasteiger partial charge in [0.05, 0.1) is 11.9 Å². The van der Waals surface area contributed by atoms with Crippen molar-refractivity contribution < 1.29 is 18.0 Å². The van der Waals surface area contributed by atoms with Crippen molar-refractivity contribution in [1.29, 1.82) is 0 Å². The van der Waals surface area contributed by atoms with Gasteiger partial charge in [-0.1, -0.05) is 0 Å². The average molecular weight is 242 g/mol. The summed E-state index contributed by atoms with van der Waals surface area (Å²) in [6.45, 7) is 0. The molecule has 0 fully saturated rings. The van der Waals surface area contributed by atoms with E-state index in [1.165, 1.54) is 0 Å². The first-order valence-corrected chi connectivity index (χ1v) is 4.39. The third-order valence-corrected chi connectivity index (χ3v) is 1.89. The Balaban J connectivity index is 2.28. The zero-order valence-corrected chi connectivity index (χ0v) is 8.17. The van der Waals surface area contributed by atoms with Crippen LogP contribution >= 0.6 is 0 Å². The van der Waals surface area contributed by atoms with Gasteiger partial charge in [0.1, 0.15) is 5.82 Å². The van der Waals surface area contributed by atoms with Gasteiger partial charge in [0.2, 0.25) is 0 Å². The maximum atomic E-state index is 13.2. The van der Waals surface area contributed by atoms with Gasteiger partial charge in [-0.25, -0.2) is 13.2 Å². The SMILES string of the molecule is O=C(Nc1cc(F)cc(F)c1F)c1cn[nH]n1. The summed E-state index contributed by atoms with van der Waals surface area (Å²) in [6.07, 6.45) is 1.09. The molecule has 17 heavy (non-hydrogen) atoms. The number of rotatable bonds is 2. The molecule has 0 spiro atoms. The fourth-order valence-electron chi connectivity index (χ4n) is 1.14.